The van der Waals surface area contributed by atoms with Crippen LogP contribution in [-0.2, 0) is 14.1 Å². The van der Waals surface area contributed by atoms with Gasteiger partial charge in [0.05, 0.1) is 11.8 Å². The van der Waals surface area contributed by atoms with E-state index in [9.17, 15) is 14.3 Å². The van der Waals surface area contributed by atoms with Crippen molar-refractivity contribution in [2.75, 3.05) is 6.54 Å². The fraction of sp³-hybridized carbons (Fsp3) is 0.182. The number of rotatable bonds is 5. The highest BCUT2D eigenvalue weighted by atomic mass is 19.1. The summed E-state index contributed by atoms with van der Waals surface area (Å²) in [5, 5.41) is 18.6. The Hall–Kier alpha value is -3.45. The number of aliphatic hydroxyl groups is 1. The van der Waals surface area contributed by atoms with Gasteiger partial charge in [-0.2, -0.15) is 5.10 Å². The number of aryl methyl sites for hydroxylation is 2. The lowest BCUT2D eigenvalue weighted by Crippen LogP contribution is -2.29. The first kappa shape index (κ1) is 18.9. The van der Waals surface area contributed by atoms with E-state index < -0.39 is 6.10 Å². The molecule has 1 amide bonds. The average Bonchev–Trinajstić information content (AvgIpc) is 3.29. The minimum absolute atomic E-state index is 0.0776. The van der Waals surface area contributed by atoms with Gasteiger partial charge in [0.15, 0.2) is 0 Å². The summed E-state index contributed by atoms with van der Waals surface area (Å²) >= 11 is 0. The number of benzene rings is 2. The molecule has 0 unspecified atom stereocenters. The highest BCUT2D eigenvalue weighted by Gasteiger charge is 2.16. The molecule has 0 aliphatic carbocycles. The standard InChI is InChI=1S/C22H21FN4O2/c1-26-10-9-15-11-16(5-8-19(15)26)21(28)13-24-22(29)20-12-18(25-27(20)2)14-3-6-17(23)7-4-14/h3-12,21,28H,13H2,1-2H3,(H,24,29)/t21-/m1/s1. The van der Waals surface area contributed by atoms with Crippen molar-refractivity contribution >= 4 is 16.8 Å². The van der Waals surface area contributed by atoms with Crippen molar-refractivity contribution in [2.24, 2.45) is 14.1 Å². The van der Waals surface area contributed by atoms with Crippen molar-refractivity contribution in [1.29, 1.82) is 0 Å². The lowest BCUT2D eigenvalue weighted by Gasteiger charge is -2.13. The number of carbonyl (C=O) groups excluding carboxylic acids is 1. The Labute approximate surface area is 167 Å². The molecule has 4 rings (SSSR count). The highest BCUT2D eigenvalue weighted by molar-refractivity contribution is 5.93. The number of amides is 1. The van der Waals surface area contributed by atoms with Gasteiger partial charge in [0, 0.05) is 37.9 Å². The van der Waals surface area contributed by atoms with E-state index in [1.807, 2.05) is 42.1 Å². The van der Waals surface area contributed by atoms with Crippen LogP contribution in [-0.4, -0.2) is 31.9 Å². The average molecular weight is 392 g/mol. The topological polar surface area (TPSA) is 72.1 Å². The van der Waals surface area contributed by atoms with Gasteiger partial charge in [-0.25, -0.2) is 4.39 Å². The van der Waals surface area contributed by atoms with E-state index >= 15 is 0 Å². The molecule has 2 heterocycles. The number of hydrogen-bond acceptors (Lipinski definition) is 3. The SMILES string of the molecule is Cn1nc(-c2ccc(F)cc2)cc1C(=O)NC[C@@H](O)c1ccc2c(ccn2C)c1. The zero-order chi connectivity index (χ0) is 20.5. The predicted molar refractivity (Wildman–Crippen MR) is 109 cm³/mol. The van der Waals surface area contributed by atoms with Crippen LogP contribution in [0.25, 0.3) is 22.2 Å². The summed E-state index contributed by atoms with van der Waals surface area (Å²) in [7, 11) is 3.63. The number of aliphatic hydroxyl groups excluding tert-OH is 1. The molecule has 0 bridgehead atoms. The zero-order valence-electron chi connectivity index (χ0n) is 16.1. The second-order valence-corrected chi connectivity index (χ2v) is 7.02. The van der Waals surface area contributed by atoms with Crippen LogP contribution in [0.2, 0.25) is 0 Å². The van der Waals surface area contributed by atoms with Crippen molar-refractivity contribution < 1.29 is 14.3 Å². The second kappa shape index (κ2) is 7.52. The lowest BCUT2D eigenvalue weighted by molar-refractivity contribution is 0.0907. The number of nitrogens with one attached hydrogen (secondary N) is 1. The van der Waals surface area contributed by atoms with E-state index in [2.05, 4.69) is 10.4 Å². The molecular formula is C22H21FN4O2. The molecule has 0 aliphatic heterocycles. The molecule has 2 N–H and O–H groups in total. The Bertz CT molecular complexity index is 1180. The van der Waals surface area contributed by atoms with Crippen LogP contribution >= 0.6 is 0 Å². The molecule has 148 valence electrons. The molecule has 1 atom stereocenters. The molecule has 0 radical (unpaired) electrons. The number of hydrogen-bond donors (Lipinski definition) is 2. The van der Waals surface area contributed by atoms with Crippen LogP contribution in [0.4, 0.5) is 4.39 Å². The van der Waals surface area contributed by atoms with Gasteiger partial charge in [-0.15, -0.1) is 0 Å². The van der Waals surface area contributed by atoms with Crippen molar-refractivity contribution in [3.8, 4) is 11.3 Å². The zero-order valence-corrected chi connectivity index (χ0v) is 16.1. The minimum Gasteiger partial charge on any atom is -0.387 e. The third-order valence-electron chi connectivity index (χ3n) is 5.00. The summed E-state index contributed by atoms with van der Waals surface area (Å²) in [6.07, 6.45) is 1.14. The van der Waals surface area contributed by atoms with Crippen LogP contribution in [0.15, 0.2) is 60.8 Å². The summed E-state index contributed by atoms with van der Waals surface area (Å²) in [5.41, 5.74) is 3.47. The van der Waals surface area contributed by atoms with Crippen molar-refractivity contribution in [2.45, 2.75) is 6.10 Å². The number of carbonyl (C=O) groups is 1. The van der Waals surface area contributed by atoms with Gasteiger partial charge < -0.3 is 15.0 Å². The van der Waals surface area contributed by atoms with Gasteiger partial charge in [0.1, 0.15) is 11.5 Å². The van der Waals surface area contributed by atoms with Gasteiger partial charge in [0.2, 0.25) is 0 Å². The van der Waals surface area contributed by atoms with Crippen LogP contribution in [0.1, 0.15) is 22.2 Å². The molecule has 2 aromatic heterocycles. The molecule has 29 heavy (non-hydrogen) atoms. The van der Waals surface area contributed by atoms with Gasteiger partial charge in [-0.05, 0) is 59.5 Å². The molecule has 7 heteroatoms. The summed E-state index contributed by atoms with van der Waals surface area (Å²) in [4.78, 5) is 12.6. The third kappa shape index (κ3) is 3.77. The first-order chi connectivity index (χ1) is 13.9. The molecule has 0 saturated carbocycles. The van der Waals surface area contributed by atoms with Gasteiger partial charge in [-0.3, -0.25) is 9.48 Å². The summed E-state index contributed by atoms with van der Waals surface area (Å²) in [6.45, 7) is 0.0776. The Morgan fingerprint density at radius 3 is 2.66 bits per heavy atom. The maximum atomic E-state index is 13.1. The fourth-order valence-electron chi connectivity index (χ4n) is 3.35. The van der Waals surface area contributed by atoms with Gasteiger partial charge in [0.25, 0.3) is 5.91 Å². The highest BCUT2D eigenvalue weighted by Crippen LogP contribution is 2.22. The number of nitrogens with zero attached hydrogens (tertiary/aromatic N) is 3. The Kier molecular flexibility index (Phi) is 4.90. The summed E-state index contributed by atoms with van der Waals surface area (Å²) < 4.78 is 16.6. The maximum absolute atomic E-state index is 13.1. The van der Waals surface area contributed by atoms with Crippen molar-refractivity contribution in [1.82, 2.24) is 19.7 Å². The van der Waals surface area contributed by atoms with Gasteiger partial charge in [-0.1, -0.05) is 6.07 Å². The van der Waals surface area contributed by atoms with Crippen LogP contribution < -0.4 is 5.32 Å². The van der Waals surface area contributed by atoms with E-state index in [0.29, 0.717) is 11.4 Å². The lowest BCUT2D eigenvalue weighted by atomic mass is 10.1. The summed E-state index contributed by atoms with van der Waals surface area (Å²) in [5.74, 6) is -0.668. The largest absolute Gasteiger partial charge is 0.387 e. The maximum Gasteiger partial charge on any atom is 0.269 e. The third-order valence-corrected chi connectivity index (χ3v) is 5.00. The minimum atomic E-state index is -0.826. The number of aromatic nitrogens is 3. The van der Waals surface area contributed by atoms with E-state index in [0.717, 1.165) is 22.0 Å². The Morgan fingerprint density at radius 1 is 1.14 bits per heavy atom. The Morgan fingerprint density at radius 2 is 1.90 bits per heavy atom. The van der Waals surface area contributed by atoms with E-state index in [-0.39, 0.29) is 18.3 Å². The Balaban J connectivity index is 1.45. The molecule has 2 aromatic carbocycles. The molecule has 0 aliphatic rings. The summed E-state index contributed by atoms with van der Waals surface area (Å²) in [6, 6.07) is 15.3. The van der Waals surface area contributed by atoms with Crippen LogP contribution in [0.3, 0.4) is 0 Å². The molecule has 0 spiro atoms. The van der Waals surface area contributed by atoms with Crippen LogP contribution in [0, 0.1) is 5.82 Å². The molecule has 6 nitrogen and oxygen atoms in total. The quantitative estimate of drug-likeness (QED) is 0.548. The smallest absolute Gasteiger partial charge is 0.269 e. The molecule has 4 aromatic rings. The van der Waals surface area contributed by atoms with Crippen molar-refractivity contribution in [3.63, 3.8) is 0 Å². The van der Waals surface area contributed by atoms with E-state index in [4.69, 9.17) is 0 Å². The predicted octanol–water partition coefficient (Wildman–Crippen LogP) is 3.18. The number of halogens is 1. The molecule has 0 saturated heterocycles. The van der Waals surface area contributed by atoms with Gasteiger partial charge >= 0.3 is 0 Å². The number of fused-ring (bicyclic) bond motifs is 1. The van der Waals surface area contributed by atoms with E-state index in [1.165, 1.54) is 16.8 Å². The second-order valence-electron chi connectivity index (χ2n) is 7.02. The molecular weight excluding hydrogens is 371 g/mol. The monoisotopic (exact) mass is 392 g/mol. The first-order valence-corrected chi connectivity index (χ1v) is 9.23. The molecule has 0 fully saturated rings. The van der Waals surface area contributed by atoms with E-state index in [1.54, 1.807) is 25.2 Å². The van der Waals surface area contributed by atoms with Crippen molar-refractivity contribution in [3.05, 3.63) is 77.9 Å². The fourth-order valence-corrected chi connectivity index (χ4v) is 3.35. The normalized spacial score (nSPS) is 12.3. The first-order valence-electron chi connectivity index (χ1n) is 9.23. The van der Waals surface area contributed by atoms with Crippen LogP contribution in [0.5, 0.6) is 0 Å².